The molecule has 176 valence electrons. The number of carbonyl (C=O) groups excluding carboxylic acids is 1. The van der Waals surface area contributed by atoms with Gasteiger partial charge in [0.2, 0.25) is 0 Å². The van der Waals surface area contributed by atoms with Gasteiger partial charge in [-0.3, -0.25) is 9.69 Å². The van der Waals surface area contributed by atoms with Crippen LogP contribution >= 0.6 is 0 Å². The lowest BCUT2D eigenvalue weighted by molar-refractivity contribution is 0.0652. The van der Waals surface area contributed by atoms with E-state index in [2.05, 4.69) is 73.4 Å². The number of aromatic nitrogens is 1. The van der Waals surface area contributed by atoms with Crippen molar-refractivity contribution in [3.8, 4) is 11.3 Å². The van der Waals surface area contributed by atoms with Crippen molar-refractivity contribution < 1.29 is 4.79 Å². The molecule has 35 heavy (non-hydrogen) atoms. The Hall–Kier alpha value is -3.76. The number of carbonyl (C=O) groups is 1. The Labute approximate surface area is 207 Å². The van der Waals surface area contributed by atoms with Gasteiger partial charge in [-0.1, -0.05) is 72.8 Å². The second-order valence-electron chi connectivity index (χ2n) is 9.28. The van der Waals surface area contributed by atoms with E-state index in [9.17, 15) is 4.79 Å². The van der Waals surface area contributed by atoms with Crippen LogP contribution in [0.1, 0.15) is 27.0 Å². The maximum atomic E-state index is 13.7. The highest BCUT2D eigenvalue weighted by Gasteiger charge is 2.24. The van der Waals surface area contributed by atoms with Crippen molar-refractivity contribution in [2.75, 3.05) is 32.7 Å². The summed E-state index contributed by atoms with van der Waals surface area (Å²) in [6.45, 7) is 8.32. The summed E-state index contributed by atoms with van der Waals surface area (Å²) >= 11 is 0. The molecule has 0 N–H and O–H groups in total. The Bertz CT molecular complexity index is 1370. The minimum absolute atomic E-state index is 0.0909. The normalized spacial score (nSPS) is 14.6. The molecule has 4 heteroatoms. The molecule has 0 spiro atoms. The van der Waals surface area contributed by atoms with Gasteiger partial charge in [-0.15, -0.1) is 0 Å². The third-order valence-corrected chi connectivity index (χ3v) is 6.88. The Balaban J connectivity index is 1.33. The monoisotopic (exact) mass is 461 g/mol. The van der Waals surface area contributed by atoms with Gasteiger partial charge in [0.15, 0.2) is 0 Å². The van der Waals surface area contributed by atoms with Crippen molar-refractivity contribution in [1.82, 2.24) is 14.8 Å². The van der Waals surface area contributed by atoms with Crippen molar-refractivity contribution in [1.29, 1.82) is 0 Å². The lowest BCUT2D eigenvalue weighted by Gasteiger charge is -2.34. The summed E-state index contributed by atoms with van der Waals surface area (Å²) in [5.41, 5.74) is 7.18. The van der Waals surface area contributed by atoms with E-state index in [4.69, 9.17) is 4.98 Å². The lowest BCUT2D eigenvalue weighted by Crippen LogP contribution is -2.48. The molecule has 0 saturated carbocycles. The standard InChI is InChI=1S/C31H31N3O/c1-23-14-15-26(21-24(23)2)30-22-28(27-12-6-7-13-29(27)32-30)31(35)34-19-17-33(18-20-34)16-8-11-25-9-4-3-5-10-25/h3-15,21-22H,16-20H2,1-2H3/b11-8-. The predicted molar refractivity (Wildman–Crippen MR) is 144 cm³/mol. The van der Waals surface area contributed by atoms with Crippen LogP contribution in [0, 0.1) is 13.8 Å². The van der Waals surface area contributed by atoms with Crippen LogP contribution < -0.4 is 0 Å². The van der Waals surface area contributed by atoms with Crippen LogP contribution in [0.5, 0.6) is 0 Å². The van der Waals surface area contributed by atoms with E-state index >= 15 is 0 Å². The molecule has 1 saturated heterocycles. The zero-order valence-electron chi connectivity index (χ0n) is 20.4. The number of amides is 1. The molecule has 4 nitrogen and oxygen atoms in total. The van der Waals surface area contributed by atoms with E-state index in [1.54, 1.807) is 0 Å². The van der Waals surface area contributed by atoms with Gasteiger partial charge in [0, 0.05) is 43.7 Å². The minimum Gasteiger partial charge on any atom is -0.336 e. The van der Waals surface area contributed by atoms with Gasteiger partial charge < -0.3 is 4.90 Å². The number of fused-ring (bicyclic) bond motifs is 1. The van der Waals surface area contributed by atoms with Crippen molar-refractivity contribution in [3.05, 3.63) is 107 Å². The summed E-state index contributed by atoms with van der Waals surface area (Å²) in [4.78, 5) is 23.0. The predicted octanol–water partition coefficient (Wildman–Crippen LogP) is 5.99. The van der Waals surface area contributed by atoms with E-state index in [-0.39, 0.29) is 5.91 Å². The summed E-state index contributed by atoms with van der Waals surface area (Å²) in [5, 5.41) is 0.915. The maximum absolute atomic E-state index is 13.7. The largest absolute Gasteiger partial charge is 0.336 e. The Morgan fingerprint density at radius 2 is 1.60 bits per heavy atom. The number of hydrogen-bond acceptors (Lipinski definition) is 3. The molecule has 0 aliphatic carbocycles. The second kappa shape index (κ2) is 10.2. The number of nitrogens with zero attached hydrogens (tertiary/aromatic N) is 3. The molecule has 5 rings (SSSR count). The molecular formula is C31H31N3O. The second-order valence-corrected chi connectivity index (χ2v) is 9.28. The Morgan fingerprint density at radius 3 is 2.37 bits per heavy atom. The Kier molecular flexibility index (Phi) is 6.73. The van der Waals surface area contributed by atoms with Crippen LogP contribution in [0.15, 0.2) is 84.9 Å². The number of benzene rings is 3. The average Bonchev–Trinajstić information content (AvgIpc) is 2.90. The third-order valence-electron chi connectivity index (χ3n) is 6.88. The number of pyridine rings is 1. The highest BCUT2D eigenvalue weighted by atomic mass is 16.2. The third kappa shape index (κ3) is 5.18. The van der Waals surface area contributed by atoms with Crippen LogP contribution in [0.4, 0.5) is 0 Å². The molecule has 0 radical (unpaired) electrons. The fourth-order valence-electron chi connectivity index (χ4n) is 4.61. The molecule has 1 aromatic heterocycles. The topological polar surface area (TPSA) is 36.4 Å². The summed E-state index contributed by atoms with van der Waals surface area (Å²) in [6.07, 6.45) is 4.37. The lowest BCUT2D eigenvalue weighted by atomic mass is 10.00. The summed E-state index contributed by atoms with van der Waals surface area (Å²) < 4.78 is 0. The van der Waals surface area contributed by atoms with Crippen LogP contribution in [-0.4, -0.2) is 53.4 Å². The zero-order valence-corrected chi connectivity index (χ0v) is 20.4. The highest BCUT2D eigenvalue weighted by molar-refractivity contribution is 6.07. The zero-order chi connectivity index (χ0) is 24.2. The van der Waals surface area contributed by atoms with Gasteiger partial charge in [0.1, 0.15) is 0 Å². The molecule has 1 amide bonds. The maximum Gasteiger partial charge on any atom is 0.254 e. The van der Waals surface area contributed by atoms with Gasteiger partial charge in [-0.2, -0.15) is 0 Å². The van der Waals surface area contributed by atoms with E-state index in [1.165, 1.54) is 16.7 Å². The van der Waals surface area contributed by atoms with Crippen LogP contribution in [0.25, 0.3) is 28.2 Å². The smallest absolute Gasteiger partial charge is 0.254 e. The summed E-state index contributed by atoms with van der Waals surface area (Å²) in [5.74, 6) is 0.0909. The molecule has 1 aliphatic heterocycles. The molecule has 0 unspecified atom stereocenters. The summed E-state index contributed by atoms with van der Waals surface area (Å²) in [6, 6.07) is 26.7. The van der Waals surface area contributed by atoms with Crippen molar-refractivity contribution in [3.63, 3.8) is 0 Å². The number of rotatable bonds is 5. The van der Waals surface area contributed by atoms with Crippen LogP contribution in [0.3, 0.4) is 0 Å². The molecule has 1 aliphatic rings. The van der Waals surface area contributed by atoms with Crippen LogP contribution in [0.2, 0.25) is 0 Å². The highest BCUT2D eigenvalue weighted by Crippen LogP contribution is 2.27. The molecule has 0 atom stereocenters. The van der Waals surface area contributed by atoms with E-state index in [0.29, 0.717) is 0 Å². The molecule has 3 aromatic carbocycles. The minimum atomic E-state index is 0.0909. The first-order valence-electron chi connectivity index (χ1n) is 12.3. The SMILES string of the molecule is Cc1ccc(-c2cc(C(=O)N3CCN(C/C=C\c4ccccc4)CC3)c3ccccc3n2)cc1C. The summed E-state index contributed by atoms with van der Waals surface area (Å²) in [7, 11) is 0. The molecular weight excluding hydrogens is 430 g/mol. The van der Waals surface area contributed by atoms with Gasteiger partial charge in [-0.25, -0.2) is 4.98 Å². The van der Waals surface area contributed by atoms with Gasteiger partial charge >= 0.3 is 0 Å². The fraction of sp³-hybridized carbons (Fsp3) is 0.226. The van der Waals surface area contributed by atoms with Gasteiger partial charge in [0.25, 0.3) is 5.91 Å². The van der Waals surface area contributed by atoms with Gasteiger partial charge in [-0.05, 0) is 48.7 Å². The number of piperazine rings is 1. The molecule has 1 fully saturated rings. The quantitative estimate of drug-likeness (QED) is 0.366. The average molecular weight is 462 g/mol. The molecule has 4 aromatic rings. The van der Waals surface area contributed by atoms with Crippen molar-refractivity contribution in [2.24, 2.45) is 0 Å². The Morgan fingerprint density at radius 1 is 0.857 bits per heavy atom. The number of aryl methyl sites for hydroxylation is 2. The van der Waals surface area contributed by atoms with Crippen LogP contribution in [-0.2, 0) is 0 Å². The number of para-hydroxylation sites is 1. The molecule has 0 bridgehead atoms. The van der Waals surface area contributed by atoms with Crippen molar-refractivity contribution in [2.45, 2.75) is 13.8 Å². The van der Waals surface area contributed by atoms with E-state index < -0.39 is 0 Å². The first kappa shape index (κ1) is 23.0. The number of hydrogen-bond donors (Lipinski definition) is 0. The first-order valence-corrected chi connectivity index (χ1v) is 12.3. The fourth-order valence-corrected chi connectivity index (χ4v) is 4.61. The van der Waals surface area contributed by atoms with Gasteiger partial charge in [0.05, 0.1) is 16.8 Å². The van der Waals surface area contributed by atoms with E-state index in [0.717, 1.165) is 60.4 Å². The van der Waals surface area contributed by atoms with E-state index in [1.807, 2.05) is 41.3 Å². The molecule has 2 heterocycles. The first-order chi connectivity index (χ1) is 17.1. The van der Waals surface area contributed by atoms with Crippen molar-refractivity contribution >= 4 is 22.9 Å².